The van der Waals surface area contributed by atoms with Crippen LogP contribution in [0.3, 0.4) is 0 Å². The summed E-state index contributed by atoms with van der Waals surface area (Å²) in [5.41, 5.74) is 3.59. The lowest BCUT2D eigenvalue weighted by Crippen LogP contribution is -1.91. The van der Waals surface area contributed by atoms with Gasteiger partial charge in [-0.25, -0.2) is 0 Å². The van der Waals surface area contributed by atoms with Crippen molar-refractivity contribution in [3.63, 3.8) is 0 Å². The van der Waals surface area contributed by atoms with Gasteiger partial charge in [0.05, 0.1) is 11.7 Å². The fourth-order valence-electron chi connectivity index (χ4n) is 1.73. The molecule has 0 saturated carbocycles. The standard InChI is InChI=1S/C13H10N4S/c1-8(2)11-4-3-10(5-9(6-14)7-15)12-13(11)17-18-16-12/h3-5,8H,1-2H3. The van der Waals surface area contributed by atoms with Crippen LogP contribution in [-0.2, 0) is 0 Å². The molecule has 1 aromatic heterocycles. The van der Waals surface area contributed by atoms with Crippen LogP contribution in [0.1, 0.15) is 30.9 Å². The minimum atomic E-state index is 0.0709. The van der Waals surface area contributed by atoms with E-state index in [-0.39, 0.29) is 5.57 Å². The highest BCUT2D eigenvalue weighted by Gasteiger charge is 2.11. The highest BCUT2D eigenvalue weighted by molar-refractivity contribution is 7.00. The topological polar surface area (TPSA) is 73.4 Å². The van der Waals surface area contributed by atoms with Gasteiger partial charge in [0.2, 0.25) is 0 Å². The van der Waals surface area contributed by atoms with E-state index in [4.69, 9.17) is 10.5 Å². The Morgan fingerprint density at radius 1 is 1.22 bits per heavy atom. The molecule has 2 rings (SSSR count). The zero-order valence-corrected chi connectivity index (χ0v) is 10.8. The Hall–Kier alpha value is -2.24. The first-order chi connectivity index (χ1) is 8.67. The number of rotatable bonds is 2. The van der Waals surface area contributed by atoms with Gasteiger partial charge >= 0.3 is 0 Å². The van der Waals surface area contributed by atoms with Crippen LogP contribution in [0.5, 0.6) is 0 Å². The second-order valence-corrected chi connectivity index (χ2v) is 4.67. The molecule has 18 heavy (non-hydrogen) atoms. The summed E-state index contributed by atoms with van der Waals surface area (Å²) in [5, 5.41) is 17.6. The van der Waals surface area contributed by atoms with Gasteiger partial charge in [0.1, 0.15) is 28.7 Å². The summed E-state index contributed by atoms with van der Waals surface area (Å²) >= 11 is 1.15. The Morgan fingerprint density at radius 3 is 2.50 bits per heavy atom. The summed E-state index contributed by atoms with van der Waals surface area (Å²) in [6, 6.07) is 7.56. The molecule has 0 aliphatic carbocycles. The van der Waals surface area contributed by atoms with Crippen molar-refractivity contribution < 1.29 is 0 Å². The third-order valence-corrected chi connectivity index (χ3v) is 3.17. The smallest absolute Gasteiger partial charge is 0.130 e. The fourth-order valence-corrected chi connectivity index (χ4v) is 2.32. The van der Waals surface area contributed by atoms with E-state index >= 15 is 0 Å². The van der Waals surface area contributed by atoms with E-state index in [1.165, 1.54) is 0 Å². The molecule has 5 heteroatoms. The van der Waals surface area contributed by atoms with Crippen molar-refractivity contribution in [3.05, 3.63) is 28.8 Å². The largest absolute Gasteiger partial charge is 0.192 e. The number of nitriles is 2. The summed E-state index contributed by atoms with van der Waals surface area (Å²) in [5.74, 6) is 0.362. The third kappa shape index (κ3) is 2.09. The number of fused-ring (bicyclic) bond motifs is 1. The van der Waals surface area contributed by atoms with Crippen LogP contribution in [0.2, 0.25) is 0 Å². The molecule has 0 atom stereocenters. The first-order valence-corrected chi connectivity index (χ1v) is 6.17. The molecular formula is C13H10N4S. The van der Waals surface area contributed by atoms with Crippen LogP contribution in [-0.4, -0.2) is 8.75 Å². The van der Waals surface area contributed by atoms with Crippen LogP contribution in [0.4, 0.5) is 0 Å². The first-order valence-electron chi connectivity index (χ1n) is 5.44. The Bertz CT molecular complexity index is 682. The lowest BCUT2D eigenvalue weighted by atomic mass is 9.98. The zero-order valence-electron chi connectivity index (χ0n) is 10.0. The van der Waals surface area contributed by atoms with Gasteiger partial charge in [0.25, 0.3) is 0 Å². The molecule has 0 unspecified atom stereocenters. The fraction of sp³-hybridized carbons (Fsp3) is 0.231. The SMILES string of the molecule is CC(C)c1ccc(C=C(C#N)C#N)c2nsnc12. The molecule has 1 aromatic carbocycles. The normalized spacial score (nSPS) is 10.1. The number of benzene rings is 1. The first kappa shape index (κ1) is 12.2. The number of nitrogens with zero attached hydrogens (tertiary/aromatic N) is 4. The molecule has 1 heterocycles. The quantitative estimate of drug-likeness (QED) is 0.771. The van der Waals surface area contributed by atoms with E-state index in [2.05, 4.69) is 22.6 Å². The maximum atomic E-state index is 8.78. The molecule has 0 N–H and O–H groups in total. The maximum absolute atomic E-state index is 8.78. The summed E-state index contributed by atoms with van der Waals surface area (Å²) < 4.78 is 8.55. The molecule has 2 aromatic rings. The summed E-state index contributed by atoms with van der Waals surface area (Å²) in [6.45, 7) is 4.19. The molecule has 0 aliphatic heterocycles. The highest BCUT2D eigenvalue weighted by atomic mass is 32.1. The lowest BCUT2D eigenvalue weighted by Gasteiger charge is -2.06. The van der Waals surface area contributed by atoms with Crippen LogP contribution in [0.25, 0.3) is 17.1 Å². The minimum absolute atomic E-state index is 0.0709. The predicted molar refractivity (Wildman–Crippen MR) is 70.7 cm³/mol. The monoisotopic (exact) mass is 254 g/mol. The molecule has 0 saturated heterocycles. The average Bonchev–Trinajstić information content (AvgIpc) is 2.84. The maximum Gasteiger partial charge on any atom is 0.130 e. The Balaban J connectivity index is 2.67. The number of hydrogen-bond donors (Lipinski definition) is 0. The molecule has 0 amide bonds. The van der Waals surface area contributed by atoms with Gasteiger partial charge in [-0.05, 0) is 17.6 Å². The molecule has 0 aliphatic rings. The molecular weight excluding hydrogens is 244 g/mol. The predicted octanol–water partition coefficient (Wildman–Crippen LogP) is 3.25. The second-order valence-electron chi connectivity index (χ2n) is 4.14. The van der Waals surface area contributed by atoms with Crippen molar-refractivity contribution in [2.24, 2.45) is 0 Å². The van der Waals surface area contributed by atoms with Gasteiger partial charge in [-0.2, -0.15) is 19.3 Å². The van der Waals surface area contributed by atoms with Crippen molar-refractivity contribution in [2.75, 3.05) is 0 Å². The zero-order chi connectivity index (χ0) is 13.1. The highest BCUT2D eigenvalue weighted by Crippen LogP contribution is 2.27. The summed E-state index contributed by atoms with van der Waals surface area (Å²) in [6.07, 6.45) is 1.55. The minimum Gasteiger partial charge on any atom is -0.192 e. The third-order valence-electron chi connectivity index (χ3n) is 2.64. The van der Waals surface area contributed by atoms with E-state index in [0.29, 0.717) is 5.92 Å². The Labute approximate surface area is 109 Å². The van der Waals surface area contributed by atoms with Crippen LogP contribution >= 0.6 is 11.7 Å². The second kappa shape index (κ2) is 4.95. The van der Waals surface area contributed by atoms with Gasteiger partial charge in [0, 0.05) is 5.56 Å². The van der Waals surface area contributed by atoms with E-state index in [9.17, 15) is 0 Å². The molecule has 0 bridgehead atoms. The Kier molecular flexibility index (Phi) is 3.36. The van der Waals surface area contributed by atoms with Gasteiger partial charge in [-0.15, -0.1) is 0 Å². The number of aromatic nitrogens is 2. The molecule has 88 valence electrons. The molecule has 0 radical (unpaired) electrons. The van der Waals surface area contributed by atoms with Gasteiger partial charge < -0.3 is 0 Å². The van der Waals surface area contributed by atoms with E-state index in [0.717, 1.165) is 33.9 Å². The van der Waals surface area contributed by atoms with Crippen molar-refractivity contribution in [1.29, 1.82) is 10.5 Å². The van der Waals surface area contributed by atoms with Gasteiger partial charge in [-0.1, -0.05) is 26.0 Å². The molecule has 0 fully saturated rings. The van der Waals surface area contributed by atoms with Gasteiger partial charge in [0.15, 0.2) is 0 Å². The van der Waals surface area contributed by atoms with E-state index in [1.807, 2.05) is 24.3 Å². The molecule has 0 spiro atoms. The van der Waals surface area contributed by atoms with Crippen molar-refractivity contribution >= 4 is 28.8 Å². The summed E-state index contributed by atoms with van der Waals surface area (Å²) in [7, 11) is 0. The van der Waals surface area contributed by atoms with Crippen molar-refractivity contribution in [3.8, 4) is 12.1 Å². The lowest BCUT2D eigenvalue weighted by molar-refractivity contribution is 0.874. The van der Waals surface area contributed by atoms with E-state index < -0.39 is 0 Å². The van der Waals surface area contributed by atoms with E-state index in [1.54, 1.807) is 6.08 Å². The van der Waals surface area contributed by atoms with Crippen molar-refractivity contribution in [2.45, 2.75) is 19.8 Å². The van der Waals surface area contributed by atoms with Crippen LogP contribution in [0, 0.1) is 22.7 Å². The van der Waals surface area contributed by atoms with Gasteiger partial charge in [-0.3, -0.25) is 0 Å². The number of hydrogen-bond acceptors (Lipinski definition) is 5. The van der Waals surface area contributed by atoms with Crippen LogP contribution in [0.15, 0.2) is 17.7 Å². The molecule has 4 nitrogen and oxygen atoms in total. The number of allylic oxidation sites excluding steroid dienone is 1. The summed E-state index contributed by atoms with van der Waals surface area (Å²) in [4.78, 5) is 0. The van der Waals surface area contributed by atoms with Crippen molar-refractivity contribution in [1.82, 2.24) is 8.75 Å². The van der Waals surface area contributed by atoms with Crippen LogP contribution < -0.4 is 0 Å². The average molecular weight is 254 g/mol. The Morgan fingerprint density at radius 2 is 1.89 bits per heavy atom.